The third-order valence-electron chi connectivity index (χ3n) is 7.85. The molecule has 0 saturated carbocycles. The number of halogens is 1. The van der Waals surface area contributed by atoms with Crippen LogP contribution in [-0.2, 0) is 13.1 Å². The molecule has 1 aromatic carbocycles. The number of benzene rings is 1. The van der Waals surface area contributed by atoms with Crippen molar-refractivity contribution in [3.63, 3.8) is 0 Å². The average Bonchev–Trinajstić information content (AvgIpc) is 3.36. The molecule has 8 nitrogen and oxygen atoms in total. The highest BCUT2D eigenvalue weighted by Gasteiger charge is 2.29. The maximum Gasteiger partial charge on any atom is 0.271 e. The lowest BCUT2D eigenvalue weighted by Crippen LogP contribution is -2.50. The van der Waals surface area contributed by atoms with Gasteiger partial charge in [0.25, 0.3) is 5.91 Å². The first-order chi connectivity index (χ1) is 18.7. The lowest BCUT2D eigenvalue weighted by atomic mass is 10.0. The summed E-state index contributed by atoms with van der Waals surface area (Å²) in [7, 11) is 0. The van der Waals surface area contributed by atoms with Crippen molar-refractivity contribution in [3.8, 4) is 0 Å². The van der Waals surface area contributed by atoms with Crippen molar-refractivity contribution in [2.75, 3.05) is 39.3 Å². The SMILES string of the molecule is O=C(NC(CCn1ccnc1)N1CCCN(C2CCN(Cc3ccccc3Cl)CC2)CC1)c1ccccn1. The van der Waals surface area contributed by atoms with E-state index in [4.69, 9.17) is 11.6 Å². The smallest absolute Gasteiger partial charge is 0.271 e. The number of carbonyl (C=O) groups is 1. The van der Waals surface area contributed by atoms with Crippen LogP contribution in [0.4, 0.5) is 0 Å². The molecule has 38 heavy (non-hydrogen) atoms. The highest BCUT2D eigenvalue weighted by molar-refractivity contribution is 6.31. The normalized spacial score (nSPS) is 19.2. The number of hydrogen-bond donors (Lipinski definition) is 1. The molecular formula is C29H38ClN7O. The standard InChI is InChI=1S/C29H38ClN7O/c30-26-7-2-1-6-24(26)22-34-16-9-25(10-17-34)36-14-5-15-37(21-20-36)28(11-18-35-19-13-31-23-35)33-29(38)27-8-3-4-12-32-27/h1-4,6-8,12-13,19,23,25,28H,5,9-11,14-18,20-22H2,(H,33,38). The number of nitrogens with zero attached hydrogens (tertiary/aromatic N) is 6. The topological polar surface area (TPSA) is 69.5 Å². The van der Waals surface area contributed by atoms with Crippen molar-refractivity contribution in [2.24, 2.45) is 0 Å². The first-order valence-electron chi connectivity index (χ1n) is 13.8. The quantitative estimate of drug-likeness (QED) is 0.450. The molecule has 2 aliphatic rings. The van der Waals surface area contributed by atoms with Crippen molar-refractivity contribution in [1.82, 2.24) is 34.6 Å². The van der Waals surface area contributed by atoms with E-state index in [-0.39, 0.29) is 12.1 Å². The second kappa shape index (κ2) is 13.3. The van der Waals surface area contributed by atoms with Gasteiger partial charge in [0.15, 0.2) is 0 Å². The maximum absolute atomic E-state index is 13.0. The summed E-state index contributed by atoms with van der Waals surface area (Å²) in [4.78, 5) is 29.1. The van der Waals surface area contributed by atoms with E-state index >= 15 is 0 Å². The Morgan fingerprint density at radius 1 is 1.00 bits per heavy atom. The van der Waals surface area contributed by atoms with E-state index in [9.17, 15) is 4.79 Å². The van der Waals surface area contributed by atoms with Gasteiger partial charge in [-0.3, -0.25) is 24.5 Å². The summed E-state index contributed by atoms with van der Waals surface area (Å²) in [6, 6.07) is 14.2. The molecule has 1 atom stereocenters. The average molecular weight is 536 g/mol. The van der Waals surface area contributed by atoms with Crippen molar-refractivity contribution in [2.45, 2.75) is 51.0 Å². The Kier molecular flexibility index (Phi) is 9.41. The molecule has 0 radical (unpaired) electrons. The van der Waals surface area contributed by atoms with Crippen molar-refractivity contribution in [1.29, 1.82) is 0 Å². The molecule has 1 unspecified atom stereocenters. The molecule has 2 fully saturated rings. The fraction of sp³-hybridized carbons (Fsp3) is 0.483. The molecular weight excluding hydrogens is 498 g/mol. The molecule has 1 N–H and O–H groups in total. The van der Waals surface area contributed by atoms with Gasteiger partial charge in [0.1, 0.15) is 5.69 Å². The van der Waals surface area contributed by atoms with Gasteiger partial charge >= 0.3 is 0 Å². The fourth-order valence-corrected chi connectivity index (χ4v) is 5.90. The van der Waals surface area contributed by atoms with Crippen LogP contribution in [0.1, 0.15) is 41.7 Å². The van der Waals surface area contributed by atoms with E-state index in [2.05, 4.69) is 46.7 Å². The third-order valence-corrected chi connectivity index (χ3v) is 8.22. The van der Waals surface area contributed by atoms with Gasteiger partial charge in [-0.1, -0.05) is 35.9 Å². The van der Waals surface area contributed by atoms with Gasteiger partial charge in [0, 0.05) is 62.4 Å². The summed E-state index contributed by atoms with van der Waals surface area (Å²) in [5.41, 5.74) is 1.67. The first-order valence-corrected chi connectivity index (χ1v) is 14.1. The highest BCUT2D eigenvalue weighted by Crippen LogP contribution is 2.23. The van der Waals surface area contributed by atoms with Gasteiger partial charge in [-0.05, 0) is 69.1 Å². The number of imidazole rings is 1. The number of amides is 1. The first kappa shape index (κ1) is 26.8. The second-order valence-corrected chi connectivity index (χ2v) is 10.7. The summed E-state index contributed by atoms with van der Waals surface area (Å²) < 4.78 is 2.07. The number of pyridine rings is 1. The Morgan fingerprint density at radius 3 is 2.61 bits per heavy atom. The third kappa shape index (κ3) is 7.20. The van der Waals surface area contributed by atoms with Crippen LogP contribution in [0.25, 0.3) is 0 Å². The Bertz CT molecular complexity index is 1130. The molecule has 3 aromatic rings. The zero-order valence-corrected chi connectivity index (χ0v) is 22.7. The minimum Gasteiger partial charge on any atom is -0.337 e. The molecule has 0 aliphatic carbocycles. The van der Waals surface area contributed by atoms with Crippen LogP contribution in [-0.4, -0.2) is 86.6 Å². The number of rotatable bonds is 9. The van der Waals surface area contributed by atoms with Gasteiger partial charge in [-0.15, -0.1) is 0 Å². The minimum absolute atomic E-state index is 0.0516. The Morgan fingerprint density at radius 2 is 1.84 bits per heavy atom. The lowest BCUT2D eigenvalue weighted by molar-refractivity contribution is 0.0808. The molecule has 1 amide bonds. The predicted molar refractivity (Wildman–Crippen MR) is 150 cm³/mol. The molecule has 4 heterocycles. The van der Waals surface area contributed by atoms with Crippen LogP contribution in [0.2, 0.25) is 5.02 Å². The fourth-order valence-electron chi connectivity index (χ4n) is 5.70. The van der Waals surface area contributed by atoms with Gasteiger partial charge in [-0.2, -0.15) is 0 Å². The van der Waals surface area contributed by atoms with Gasteiger partial charge < -0.3 is 9.88 Å². The zero-order chi connectivity index (χ0) is 26.2. The zero-order valence-electron chi connectivity index (χ0n) is 22.0. The van der Waals surface area contributed by atoms with Crippen molar-refractivity contribution < 1.29 is 4.79 Å². The Hall–Kier alpha value is -2.78. The molecule has 5 rings (SSSR count). The van der Waals surface area contributed by atoms with Crippen LogP contribution in [0.3, 0.4) is 0 Å². The largest absolute Gasteiger partial charge is 0.337 e. The number of nitrogens with one attached hydrogen (secondary N) is 1. The van der Waals surface area contributed by atoms with Crippen molar-refractivity contribution in [3.05, 3.63) is 83.7 Å². The van der Waals surface area contributed by atoms with E-state index in [0.29, 0.717) is 11.7 Å². The summed E-state index contributed by atoms with van der Waals surface area (Å²) in [5.74, 6) is -0.117. The van der Waals surface area contributed by atoms with E-state index < -0.39 is 0 Å². The van der Waals surface area contributed by atoms with Crippen molar-refractivity contribution >= 4 is 17.5 Å². The summed E-state index contributed by atoms with van der Waals surface area (Å²) >= 11 is 6.40. The van der Waals surface area contributed by atoms with E-state index in [1.807, 2.05) is 36.8 Å². The van der Waals surface area contributed by atoms with Crippen LogP contribution in [0.15, 0.2) is 67.4 Å². The summed E-state index contributed by atoms with van der Waals surface area (Å²) in [6.45, 7) is 7.97. The number of likely N-dealkylation sites (tertiary alicyclic amines) is 1. The molecule has 2 saturated heterocycles. The summed E-state index contributed by atoms with van der Waals surface area (Å²) in [5, 5.41) is 4.14. The predicted octanol–water partition coefficient (Wildman–Crippen LogP) is 3.75. The van der Waals surface area contributed by atoms with E-state index in [1.165, 1.54) is 18.4 Å². The minimum atomic E-state index is -0.117. The number of hydrogen-bond acceptors (Lipinski definition) is 6. The number of aromatic nitrogens is 3. The van der Waals surface area contributed by atoms with Crippen LogP contribution < -0.4 is 5.32 Å². The molecule has 9 heteroatoms. The molecule has 202 valence electrons. The number of aryl methyl sites for hydroxylation is 1. The monoisotopic (exact) mass is 535 g/mol. The van der Waals surface area contributed by atoms with Crippen LogP contribution >= 0.6 is 11.6 Å². The van der Waals surface area contributed by atoms with Gasteiger partial charge in [0.05, 0.1) is 12.5 Å². The molecule has 2 aliphatic heterocycles. The molecule has 0 spiro atoms. The molecule has 0 bridgehead atoms. The van der Waals surface area contributed by atoms with E-state index in [1.54, 1.807) is 18.5 Å². The van der Waals surface area contributed by atoms with Gasteiger partial charge in [-0.25, -0.2) is 4.98 Å². The summed E-state index contributed by atoms with van der Waals surface area (Å²) in [6.07, 6.45) is 11.5. The number of piperidine rings is 1. The van der Waals surface area contributed by atoms with E-state index in [0.717, 1.165) is 70.2 Å². The highest BCUT2D eigenvalue weighted by atomic mass is 35.5. The van der Waals surface area contributed by atoms with Crippen LogP contribution in [0.5, 0.6) is 0 Å². The second-order valence-electron chi connectivity index (χ2n) is 10.3. The molecule has 2 aromatic heterocycles. The Labute approximate surface area is 230 Å². The lowest BCUT2D eigenvalue weighted by Gasteiger charge is -2.38. The van der Waals surface area contributed by atoms with Gasteiger partial charge in [0.2, 0.25) is 0 Å². The van der Waals surface area contributed by atoms with Crippen LogP contribution in [0, 0.1) is 0 Å². The maximum atomic E-state index is 13.0. The Balaban J connectivity index is 1.16. The number of carbonyl (C=O) groups excluding carboxylic acids is 1.